The molecule has 1 heteroatoms. The lowest BCUT2D eigenvalue weighted by atomic mass is 9.92. The summed E-state index contributed by atoms with van der Waals surface area (Å²) in [4.78, 5) is 10.5. The van der Waals surface area contributed by atoms with Crippen LogP contribution >= 0.6 is 0 Å². The fourth-order valence-corrected chi connectivity index (χ4v) is 1.55. The first-order chi connectivity index (χ1) is 5.90. The highest BCUT2D eigenvalue weighted by atomic mass is 16.1. The topological polar surface area (TPSA) is 17.1 Å². The molecule has 0 radical (unpaired) electrons. The van der Waals surface area contributed by atoms with E-state index < -0.39 is 0 Å². The third kappa shape index (κ3) is 1.18. The van der Waals surface area contributed by atoms with Crippen molar-refractivity contribution in [2.75, 3.05) is 0 Å². The van der Waals surface area contributed by atoms with Gasteiger partial charge in [-0.15, -0.1) is 0 Å². The van der Waals surface area contributed by atoms with Gasteiger partial charge in [0.25, 0.3) is 0 Å². The Kier molecular flexibility index (Phi) is 1.78. The molecule has 0 saturated carbocycles. The smallest absolute Gasteiger partial charge is 0.146 e. The van der Waals surface area contributed by atoms with Crippen LogP contribution in [0, 0.1) is 0 Å². The molecule has 1 aromatic carbocycles. The van der Waals surface area contributed by atoms with E-state index in [-0.39, 0.29) is 0 Å². The Labute approximate surface area is 71.7 Å². The van der Waals surface area contributed by atoms with E-state index in [4.69, 9.17) is 0 Å². The fourth-order valence-electron chi connectivity index (χ4n) is 1.55. The van der Waals surface area contributed by atoms with E-state index >= 15 is 0 Å². The molecule has 0 amide bonds. The molecule has 0 atom stereocenters. The van der Waals surface area contributed by atoms with Crippen LogP contribution in [-0.2, 0) is 17.6 Å². The van der Waals surface area contributed by atoms with Crippen LogP contribution in [0.25, 0.3) is 0 Å². The number of allylic oxidation sites excluding steroid dienone is 2. The minimum atomic E-state index is 0.805. The van der Waals surface area contributed by atoms with Crippen LogP contribution in [0.15, 0.2) is 35.9 Å². The van der Waals surface area contributed by atoms with Gasteiger partial charge in [0.2, 0.25) is 0 Å². The van der Waals surface area contributed by atoms with Gasteiger partial charge < -0.3 is 0 Å². The number of hydrogen-bond acceptors (Lipinski definition) is 1. The summed E-state index contributed by atoms with van der Waals surface area (Å²) in [5, 5.41) is 0. The third-order valence-corrected chi connectivity index (χ3v) is 2.25. The lowest BCUT2D eigenvalue weighted by Gasteiger charge is -2.12. The van der Waals surface area contributed by atoms with Crippen molar-refractivity contribution < 1.29 is 4.79 Å². The van der Waals surface area contributed by atoms with Gasteiger partial charge in [0.15, 0.2) is 0 Å². The SMILES string of the molecule is O=CC1=CCc2ccccc2C1. The highest BCUT2D eigenvalue weighted by Gasteiger charge is 2.08. The Balaban J connectivity index is 2.36. The minimum Gasteiger partial charge on any atom is -0.298 e. The Hall–Kier alpha value is -1.37. The summed E-state index contributed by atoms with van der Waals surface area (Å²) < 4.78 is 0. The Morgan fingerprint density at radius 2 is 1.92 bits per heavy atom. The number of carbonyl (C=O) groups is 1. The maximum atomic E-state index is 10.5. The predicted octanol–water partition coefficient (Wildman–Crippen LogP) is 1.91. The third-order valence-electron chi connectivity index (χ3n) is 2.25. The van der Waals surface area contributed by atoms with Crippen LogP contribution in [0.5, 0.6) is 0 Å². The highest BCUT2D eigenvalue weighted by molar-refractivity contribution is 5.75. The minimum absolute atomic E-state index is 0.805. The number of fused-ring (bicyclic) bond motifs is 1. The second kappa shape index (κ2) is 2.94. The molecule has 0 saturated heterocycles. The molecule has 1 aliphatic carbocycles. The van der Waals surface area contributed by atoms with Crippen molar-refractivity contribution in [2.24, 2.45) is 0 Å². The lowest BCUT2D eigenvalue weighted by molar-refractivity contribution is -0.105. The molecule has 0 unspecified atom stereocenters. The van der Waals surface area contributed by atoms with Crippen LogP contribution in [0.2, 0.25) is 0 Å². The summed E-state index contributed by atoms with van der Waals surface area (Å²) in [5.41, 5.74) is 3.55. The molecule has 12 heavy (non-hydrogen) atoms. The molecule has 2 rings (SSSR count). The Morgan fingerprint density at radius 1 is 1.17 bits per heavy atom. The summed E-state index contributed by atoms with van der Waals surface area (Å²) in [5.74, 6) is 0. The molecule has 0 N–H and O–H groups in total. The molecule has 0 bridgehead atoms. The van der Waals surface area contributed by atoms with Gasteiger partial charge in [0, 0.05) is 6.42 Å². The van der Waals surface area contributed by atoms with Crippen molar-refractivity contribution in [3.05, 3.63) is 47.0 Å². The monoisotopic (exact) mass is 158 g/mol. The Bertz CT molecular complexity index is 337. The molecule has 60 valence electrons. The molecule has 1 aromatic rings. The van der Waals surface area contributed by atoms with E-state index in [0.717, 1.165) is 24.7 Å². The van der Waals surface area contributed by atoms with Gasteiger partial charge in [0.05, 0.1) is 0 Å². The zero-order valence-corrected chi connectivity index (χ0v) is 6.79. The largest absolute Gasteiger partial charge is 0.298 e. The van der Waals surface area contributed by atoms with Crippen molar-refractivity contribution >= 4 is 6.29 Å². The molecular weight excluding hydrogens is 148 g/mol. The molecular formula is C11H10O. The number of benzene rings is 1. The normalized spacial score (nSPS) is 14.8. The summed E-state index contributed by atoms with van der Waals surface area (Å²) >= 11 is 0. The summed E-state index contributed by atoms with van der Waals surface area (Å²) in [6.07, 6.45) is 4.68. The van der Waals surface area contributed by atoms with Crippen LogP contribution < -0.4 is 0 Å². The van der Waals surface area contributed by atoms with E-state index in [2.05, 4.69) is 12.1 Å². The average molecular weight is 158 g/mol. The zero-order valence-electron chi connectivity index (χ0n) is 6.79. The maximum absolute atomic E-state index is 10.5. The van der Waals surface area contributed by atoms with Crippen molar-refractivity contribution in [1.29, 1.82) is 0 Å². The first-order valence-electron chi connectivity index (χ1n) is 4.11. The molecule has 1 aliphatic rings. The Morgan fingerprint density at radius 3 is 2.67 bits per heavy atom. The zero-order chi connectivity index (χ0) is 8.39. The molecule has 0 aliphatic heterocycles. The van der Waals surface area contributed by atoms with Crippen molar-refractivity contribution in [2.45, 2.75) is 12.8 Å². The first-order valence-corrected chi connectivity index (χ1v) is 4.11. The maximum Gasteiger partial charge on any atom is 0.146 e. The average Bonchev–Trinajstić information content (AvgIpc) is 2.17. The van der Waals surface area contributed by atoms with Gasteiger partial charge in [-0.1, -0.05) is 30.3 Å². The van der Waals surface area contributed by atoms with Crippen molar-refractivity contribution in [3.63, 3.8) is 0 Å². The molecule has 0 aromatic heterocycles. The number of carbonyl (C=O) groups excluding carboxylic acids is 1. The lowest BCUT2D eigenvalue weighted by Crippen LogP contribution is -2.03. The van der Waals surface area contributed by atoms with E-state index in [1.54, 1.807) is 0 Å². The standard InChI is InChI=1S/C11H10O/c12-8-9-5-6-10-3-1-2-4-11(10)7-9/h1-5,8H,6-7H2. The number of rotatable bonds is 1. The summed E-state index contributed by atoms with van der Waals surface area (Å²) in [6.45, 7) is 0. The fraction of sp³-hybridized carbons (Fsp3) is 0.182. The second-order valence-electron chi connectivity index (χ2n) is 3.05. The van der Waals surface area contributed by atoms with Crippen LogP contribution in [-0.4, -0.2) is 6.29 Å². The summed E-state index contributed by atoms with van der Waals surface area (Å²) in [6, 6.07) is 8.27. The molecule has 1 nitrogen and oxygen atoms in total. The predicted molar refractivity (Wildman–Crippen MR) is 48.0 cm³/mol. The molecule has 0 spiro atoms. The quantitative estimate of drug-likeness (QED) is 0.570. The van der Waals surface area contributed by atoms with Crippen LogP contribution in [0.3, 0.4) is 0 Å². The first kappa shape index (κ1) is 7.29. The van der Waals surface area contributed by atoms with E-state index in [9.17, 15) is 4.79 Å². The van der Waals surface area contributed by atoms with Gasteiger partial charge in [-0.3, -0.25) is 4.79 Å². The number of hydrogen-bond donors (Lipinski definition) is 0. The van der Waals surface area contributed by atoms with Crippen molar-refractivity contribution in [3.8, 4) is 0 Å². The van der Waals surface area contributed by atoms with E-state index in [0.29, 0.717) is 0 Å². The van der Waals surface area contributed by atoms with Gasteiger partial charge in [-0.2, -0.15) is 0 Å². The van der Waals surface area contributed by atoms with Gasteiger partial charge in [-0.25, -0.2) is 0 Å². The highest BCUT2D eigenvalue weighted by Crippen LogP contribution is 2.19. The van der Waals surface area contributed by atoms with E-state index in [1.807, 2.05) is 18.2 Å². The van der Waals surface area contributed by atoms with Gasteiger partial charge >= 0.3 is 0 Å². The van der Waals surface area contributed by atoms with Gasteiger partial charge in [-0.05, 0) is 23.1 Å². The summed E-state index contributed by atoms with van der Waals surface area (Å²) in [7, 11) is 0. The van der Waals surface area contributed by atoms with Gasteiger partial charge in [0.1, 0.15) is 6.29 Å². The van der Waals surface area contributed by atoms with Crippen LogP contribution in [0.4, 0.5) is 0 Å². The van der Waals surface area contributed by atoms with Crippen molar-refractivity contribution in [1.82, 2.24) is 0 Å². The molecule has 0 fully saturated rings. The van der Waals surface area contributed by atoms with E-state index in [1.165, 1.54) is 11.1 Å². The number of aldehydes is 1. The second-order valence-corrected chi connectivity index (χ2v) is 3.05. The molecule has 0 heterocycles. The van der Waals surface area contributed by atoms with Crippen LogP contribution in [0.1, 0.15) is 11.1 Å².